The van der Waals surface area contributed by atoms with Crippen LogP contribution in [0.4, 0.5) is 9.52 Å². The van der Waals surface area contributed by atoms with Gasteiger partial charge in [-0.05, 0) is 30.3 Å². The van der Waals surface area contributed by atoms with Crippen molar-refractivity contribution in [1.82, 2.24) is 9.88 Å². The van der Waals surface area contributed by atoms with E-state index < -0.39 is 0 Å². The van der Waals surface area contributed by atoms with Gasteiger partial charge in [0, 0.05) is 32.2 Å². The molecule has 0 N–H and O–H groups in total. The van der Waals surface area contributed by atoms with Gasteiger partial charge in [-0.25, -0.2) is 9.37 Å². The van der Waals surface area contributed by atoms with Crippen LogP contribution in [0.3, 0.4) is 0 Å². The molecule has 1 aromatic heterocycles. The molecule has 1 saturated heterocycles. The standard InChI is InChI=1S/C22H24FN3O4S/c1-28-17-3-2-4-18(14-17)30-15-21(27)26(8-7-25-9-11-29-12-10-25)22-24-19-6-5-16(23)13-20(19)31-22/h2-6,13-14H,7-12,15H2,1H3. The monoisotopic (exact) mass is 445 g/mol. The normalized spacial score (nSPS) is 14.5. The summed E-state index contributed by atoms with van der Waals surface area (Å²) in [5.41, 5.74) is 0.666. The van der Waals surface area contributed by atoms with Crippen molar-refractivity contribution in [2.24, 2.45) is 0 Å². The summed E-state index contributed by atoms with van der Waals surface area (Å²) in [6.45, 7) is 4.04. The third kappa shape index (κ3) is 5.49. The van der Waals surface area contributed by atoms with Crippen LogP contribution in [0.15, 0.2) is 42.5 Å². The first-order valence-corrected chi connectivity index (χ1v) is 10.9. The Morgan fingerprint density at radius 1 is 1.23 bits per heavy atom. The highest BCUT2D eigenvalue weighted by Crippen LogP contribution is 2.29. The summed E-state index contributed by atoms with van der Waals surface area (Å²) >= 11 is 1.30. The van der Waals surface area contributed by atoms with Gasteiger partial charge in [-0.15, -0.1) is 0 Å². The lowest BCUT2D eigenvalue weighted by molar-refractivity contribution is -0.120. The Morgan fingerprint density at radius 2 is 2.03 bits per heavy atom. The third-order valence-electron chi connectivity index (χ3n) is 5.02. The van der Waals surface area contributed by atoms with Crippen molar-refractivity contribution in [3.8, 4) is 11.5 Å². The molecule has 0 bridgehead atoms. The lowest BCUT2D eigenvalue weighted by atomic mass is 10.3. The van der Waals surface area contributed by atoms with E-state index in [1.54, 1.807) is 36.3 Å². The molecule has 0 atom stereocenters. The molecule has 0 radical (unpaired) electrons. The van der Waals surface area contributed by atoms with E-state index >= 15 is 0 Å². The van der Waals surface area contributed by atoms with E-state index in [-0.39, 0.29) is 18.3 Å². The molecule has 164 valence electrons. The first-order chi connectivity index (χ1) is 15.1. The Balaban J connectivity index is 1.50. The number of benzene rings is 2. The zero-order valence-corrected chi connectivity index (χ0v) is 18.1. The SMILES string of the molecule is COc1cccc(OCC(=O)N(CCN2CCOCC2)c2nc3ccc(F)cc3s2)c1. The maximum atomic E-state index is 13.6. The van der Waals surface area contributed by atoms with Crippen LogP contribution >= 0.6 is 11.3 Å². The molecule has 1 aliphatic heterocycles. The van der Waals surface area contributed by atoms with Crippen molar-refractivity contribution in [3.63, 3.8) is 0 Å². The van der Waals surface area contributed by atoms with Crippen molar-refractivity contribution < 1.29 is 23.4 Å². The number of aromatic nitrogens is 1. The lowest BCUT2D eigenvalue weighted by Gasteiger charge is -2.29. The number of hydrogen-bond donors (Lipinski definition) is 0. The fraction of sp³-hybridized carbons (Fsp3) is 0.364. The molecule has 31 heavy (non-hydrogen) atoms. The van der Waals surface area contributed by atoms with E-state index in [2.05, 4.69) is 9.88 Å². The summed E-state index contributed by atoms with van der Waals surface area (Å²) in [5, 5.41) is 0.535. The molecular weight excluding hydrogens is 421 g/mol. The number of carbonyl (C=O) groups excluding carboxylic acids is 1. The summed E-state index contributed by atoms with van der Waals surface area (Å²) in [6, 6.07) is 11.5. The smallest absolute Gasteiger partial charge is 0.266 e. The number of morpholine rings is 1. The molecule has 2 aromatic carbocycles. The number of nitrogens with zero attached hydrogens (tertiary/aromatic N) is 3. The molecule has 1 fully saturated rings. The second kappa shape index (κ2) is 10.0. The predicted octanol–water partition coefficient (Wildman–Crippen LogP) is 3.19. The molecule has 4 rings (SSSR count). The molecule has 1 amide bonds. The number of amides is 1. The lowest BCUT2D eigenvalue weighted by Crippen LogP contribution is -2.44. The van der Waals surface area contributed by atoms with Crippen LogP contribution in [0, 0.1) is 5.82 Å². The fourth-order valence-corrected chi connectivity index (χ4v) is 4.34. The van der Waals surface area contributed by atoms with Gasteiger partial charge in [0.15, 0.2) is 11.7 Å². The summed E-state index contributed by atoms with van der Waals surface area (Å²) in [4.78, 5) is 21.5. The first-order valence-electron chi connectivity index (χ1n) is 10.1. The maximum absolute atomic E-state index is 13.6. The van der Waals surface area contributed by atoms with E-state index in [4.69, 9.17) is 14.2 Å². The second-order valence-electron chi connectivity index (χ2n) is 7.08. The van der Waals surface area contributed by atoms with Crippen LogP contribution in [0.2, 0.25) is 0 Å². The highest BCUT2D eigenvalue weighted by Gasteiger charge is 2.22. The third-order valence-corrected chi connectivity index (χ3v) is 6.06. The Bertz CT molecular complexity index is 1040. The summed E-state index contributed by atoms with van der Waals surface area (Å²) < 4.78 is 30.6. The molecule has 0 spiro atoms. The van der Waals surface area contributed by atoms with E-state index in [1.165, 1.54) is 23.5 Å². The molecule has 0 saturated carbocycles. The van der Waals surface area contributed by atoms with Crippen LogP contribution in [0.1, 0.15) is 0 Å². The number of halogens is 1. The second-order valence-corrected chi connectivity index (χ2v) is 8.08. The topological polar surface area (TPSA) is 64.1 Å². The molecule has 2 heterocycles. The molecule has 0 aliphatic carbocycles. The largest absolute Gasteiger partial charge is 0.497 e. The number of hydrogen-bond acceptors (Lipinski definition) is 7. The van der Waals surface area contributed by atoms with Crippen LogP contribution in [-0.2, 0) is 9.53 Å². The van der Waals surface area contributed by atoms with Gasteiger partial charge in [-0.1, -0.05) is 17.4 Å². The van der Waals surface area contributed by atoms with Crippen LogP contribution in [-0.4, -0.2) is 68.9 Å². The fourth-order valence-electron chi connectivity index (χ4n) is 3.31. The number of ether oxygens (including phenoxy) is 3. The van der Waals surface area contributed by atoms with Gasteiger partial charge in [-0.2, -0.15) is 0 Å². The average Bonchev–Trinajstić information content (AvgIpc) is 3.21. The predicted molar refractivity (Wildman–Crippen MR) is 118 cm³/mol. The van der Waals surface area contributed by atoms with Crippen molar-refractivity contribution in [2.45, 2.75) is 0 Å². The van der Waals surface area contributed by atoms with Crippen LogP contribution in [0.5, 0.6) is 11.5 Å². The Morgan fingerprint density at radius 3 is 2.84 bits per heavy atom. The number of carbonyl (C=O) groups is 1. The first kappa shape index (κ1) is 21.5. The average molecular weight is 446 g/mol. The van der Waals surface area contributed by atoms with E-state index in [1.807, 2.05) is 6.07 Å². The van der Waals surface area contributed by atoms with Crippen molar-refractivity contribution in [1.29, 1.82) is 0 Å². The number of methoxy groups -OCH3 is 1. The molecule has 0 unspecified atom stereocenters. The number of rotatable bonds is 8. The zero-order valence-electron chi connectivity index (χ0n) is 17.3. The van der Waals surface area contributed by atoms with Crippen molar-refractivity contribution in [3.05, 3.63) is 48.3 Å². The van der Waals surface area contributed by atoms with E-state index in [9.17, 15) is 9.18 Å². The molecular formula is C22H24FN3O4S. The molecule has 3 aromatic rings. The molecule has 9 heteroatoms. The number of anilines is 1. The maximum Gasteiger partial charge on any atom is 0.266 e. The van der Waals surface area contributed by atoms with Crippen LogP contribution < -0.4 is 14.4 Å². The summed E-state index contributed by atoms with van der Waals surface area (Å²) in [5.74, 6) is 0.667. The quantitative estimate of drug-likeness (QED) is 0.531. The number of fused-ring (bicyclic) bond motifs is 1. The van der Waals surface area contributed by atoms with Crippen molar-refractivity contribution in [2.75, 3.05) is 58.0 Å². The summed E-state index contributed by atoms with van der Waals surface area (Å²) in [6.07, 6.45) is 0. The highest BCUT2D eigenvalue weighted by molar-refractivity contribution is 7.22. The minimum atomic E-state index is -0.324. The number of thiazole rings is 1. The molecule has 1 aliphatic rings. The van der Waals surface area contributed by atoms with Gasteiger partial charge in [0.25, 0.3) is 5.91 Å². The van der Waals surface area contributed by atoms with Gasteiger partial charge in [0.1, 0.15) is 17.3 Å². The van der Waals surface area contributed by atoms with Gasteiger partial charge >= 0.3 is 0 Å². The molecule has 7 nitrogen and oxygen atoms in total. The van der Waals surface area contributed by atoms with Crippen molar-refractivity contribution >= 4 is 32.6 Å². The Labute approximate surface area is 183 Å². The van der Waals surface area contributed by atoms with E-state index in [0.29, 0.717) is 53.2 Å². The van der Waals surface area contributed by atoms with Crippen LogP contribution in [0.25, 0.3) is 10.2 Å². The Hall–Kier alpha value is -2.75. The zero-order chi connectivity index (χ0) is 21.6. The minimum Gasteiger partial charge on any atom is -0.497 e. The van der Waals surface area contributed by atoms with Gasteiger partial charge in [0.2, 0.25) is 0 Å². The van der Waals surface area contributed by atoms with Gasteiger partial charge in [0.05, 0.1) is 30.5 Å². The van der Waals surface area contributed by atoms with E-state index in [0.717, 1.165) is 13.1 Å². The van der Waals surface area contributed by atoms with Gasteiger partial charge in [-0.3, -0.25) is 14.6 Å². The highest BCUT2D eigenvalue weighted by atomic mass is 32.1. The van der Waals surface area contributed by atoms with Gasteiger partial charge < -0.3 is 14.2 Å². The minimum absolute atomic E-state index is 0.138. The summed E-state index contributed by atoms with van der Waals surface area (Å²) in [7, 11) is 1.58. The Kier molecular flexibility index (Phi) is 6.96.